The summed E-state index contributed by atoms with van der Waals surface area (Å²) in [5.74, 6) is -0.761. The van der Waals surface area contributed by atoms with Gasteiger partial charge in [-0.1, -0.05) is 0 Å². The number of rotatable bonds is 3. The second-order valence-electron chi connectivity index (χ2n) is 4.22. The minimum atomic E-state index is -0.598. The fourth-order valence-corrected chi connectivity index (χ4v) is 1.86. The molecule has 2 rings (SSSR count). The molecular weight excluding hydrogens is 252 g/mol. The van der Waals surface area contributed by atoms with Crippen LogP contribution < -0.4 is 16.4 Å². The summed E-state index contributed by atoms with van der Waals surface area (Å²) in [5, 5.41) is 15.7. The number of hydrogen-bond donors (Lipinski definition) is 3. The summed E-state index contributed by atoms with van der Waals surface area (Å²) in [5.41, 5.74) is 6.00. The van der Waals surface area contributed by atoms with Gasteiger partial charge in [-0.3, -0.25) is 25.0 Å². The summed E-state index contributed by atoms with van der Waals surface area (Å²) >= 11 is 0. The van der Waals surface area contributed by atoms with E-state index >= 15 is 0 Å². The number of hydrogen-bond acceptors (Lipinski definition) is 6. The van der Waals surface area contributed by atoms with Crippen LogP contribution in [0.4, 0.5) is 17.1 Å². The number of nitrogen functional groups attached to an aromatic ring is 1. The second kappa shape index (κ2) is 4.92. The number of benzene rings is 1. The summed E-state index contributed by atoms with van der Waals surface area (Å²) in [6, 6.07) is 3.42. The highest BCUT2D eigenvalue weighted by Crippen LogP contribution is 2.23. The highest BCUT2D eigenvalue weighted by molar-refractivity contribution is 6.01. The normalized spacial score (nSPS) is 18.8. The van der Waals surface area contributed by atoms with Crippen LogP contribution in [-0.2, 0) is 9.59 Å². The molecule has 1 aliphatic rings. The Balaban J connectivity index is 2.17. The predicted octanol–water partition coefficient (Wildman–Crippen LogP) is 0.394. The van der Waals surface area contributed by atoms with E-state index in [0.717, 1.165) is 0 Å². The number of piperidine rings is 1. The minimum Gasteiger partial charge on any atom is -0.398 e. The molecule has 19 heavy (non-hydrogen) atoms. The van der Waals surface area contributed by atoms with Crippen molar-refractivity contribution in [3.63, 3.8) is 0 Å². The predicted molar refractivity (Wildman–Crippen MR) is 67.3 cm³/mol. The molecule has 1 unspecified atom stereocenters. The van der Waals surface area contributed by atoms with Crippen molar-refractivity contribution < 1.29 is 14.5 Å². The van der Waals surface area contributed by atoms with Crippen LogP contribution in [0, 0.1) is 10.1 Å². The van der Waals surface area contributed by atoms with Gasteiger partial charge in [0, 0.05) is 29.9 Å². The van der Waals surface area contributed by atoms with Gasteiger partial charge in [-0.2, -0.15) is 0 Å². The highest BCUT2D eigenvalue weighted by atomic mass is 16.6. The quantitative estimate of drug-likeness (QED) is 0.313. The molecule has 1 aromatic rings. The molecule has 1 heterocycles. The maximum atomic E-state index is 11.6. The molecular formula is C11H12N4O4. The Morgan fingerprint density at radius 2 is 2.11 bits per heavy atom. The van der Waals surface area contributed by atoms with Gasteiger partial charge in [-0.15, -0.1) is 0 Å². The smallest absolute Gasteiger partial charge is 0.273 e. The van der Waals surface area contributed by atoms with Gasteiger partial charge in [-0.25, -0.2) is 0 Å². The summed E-state index contributed by atoms with van der Waals surface area (Å²) in [7, 11) is 0. The number of carbonyl (C=O) groups is 2. The first kappa shape index (κ1) is 12.8. The van der Waals surface area contributed by atoms with Gasteiger partial charge in [0.15, 0.2) is 0 Å². The van der Waals surface area contributed by atoms with Crippen LogP contribution in [0.15, 0.2) is 18.2 Å². The molecule has 2 amide bonds. The summed E-state index contributed by atoms with van der Waals surface area (Å²) in [4.78, 5) is 32.7. The lowest BCUT2D eigenvalue weighted by Crippen LogP contribution is -2.47. The molecule has 1 atom stereocenters. The van der Waals surface area contributed by atoms with Crippen LogP contribution in [0.3, 0.4) is 0 Å². The van der Waals surface area contributed by atoms with E-state index in [-0.39, 0.29) is 23.7 Å². The van der Waals surface area contributed by atoms with E-state index < -0.39 is 16.9 Å². The minimum absolute atomic E-state index is 0.158. The lowest BCUT2D eigenvalue weighted by molar-refractivity contribution is -0.384. The van der Waals surface area contributed by atoms with Gasteiger partial charge >= 0.3 is 0 Å². The number of non-ortho nitro benzene ring substituents is 1. The van der Waals surface area contributed by atoms with E-state index in [1.165, 1.54) is 18.2 Å². The average molecular weight is 264 g/mol. The number of imide groups is 1. The zero-order chi connectivity index (χ0) is 14.0. The molecule has 0 bridgehead atoms. The third-order valence-electron chi connectivity index (χ3n) is 2.73. The van der Waals surface area contributed by atoms with Crippen molar-refractivity contribution in [3.8, 4) is 0 Å². The molecule has 1 fully saturated rings. The average Bonchev–Trinajstić information content (AvgIpc) is 2.32. The Morgan fingerprint density at radius 3 is 2.74 bits per heavy atom. The Labute approximate surface area is 108 Å². The topological polar surface area (TPSA) is 127 Å². The summed E-state index contributed by atoms with van der Waals surface area (Å²) in [6.07, 6.45) is 0.571. The van der Waals surface area contributed by atoms with Crippen molar-refractivity contribution in [2.75, 3.05) is 11.1 Å². The number of nitro benzene ring substituents is 1. The SMILES string of the molecule is Nc1cc(NC2CCC(=O)NC2=O)cc([N+](=O)[O-])c1. The Morgan fingerprint density at radius 1 is 1.37 bits per heavy atom. The molecule has 4 N–H and O–H groups in total. The summed E-state index contributed by atoms with van der Waals surface area (Å²) in [6.45, 7) is 0. The molecule has 0 spiro atoms. The number of nitrogens with two attached hydrogens (primary N) is 1. The van der Waals surface area contributed by atoms with Crippen LogP contribution in [0.2, 0.25) is 0 Å². The van der Waals surface area contributed by atoms with E-state index in [0.29, 0.717) is 12.1 Å². The van der Waals surface area contributed by atoms with Crippen molar-refractivity contribution in [1.29, 1.82) is 0 Å². The van der Waals surface area contributed by atoms with Crippen LogP contribution in [0.5, 0.6) is 0 Å². The van der Waals surface area contributed by atoms with E-state index in [2.05, 4.69) is 10.6 Å². The highest BCUT2D eigenvalue weighted by Gasteiger charge is 2.26. The second-order valence-corrected chi connectivity index (χ2v) is 4.22. The number of amides is 2. The fourth-order valence-electron chi connectivity index (χ4n) is 1.86. The standard InChI is InChI=1S/C11H12N4O4/c12-6-3-7(5-8(4-6)15(18)19)13-9-1-2-10(16)14-11(9)17/h3-5,9,13H,1-2,12H2,(H,14,16,17). The first-order valence-electron chi connectivity index (χ1n) is 5.61. The molecule has 0 radical (unpaired) electrons. The Hall–Kier alpha value is -2.64. The summed E-state index contributed by atoms with van der Waals surface area (Å²) < 4.78 is 0. The molecule has 1 aliphatic heterocycles. The van der Waals surface area contributed by atoms with Gasteiger partial charge in [0.25, 0.3) is 5.69 Å². The fraction of sp³-hybridized carbons (Fsp3) is 0.273. The first-order chi connectivity index (χ1) is 8.95. The zero-order valence-corrected chi connectivity index (χ0v) is 9.88. The van der Waals surface area contributed by atoms with Gasteiger partial charge in [0.05, 0.1) is 4.92 Å². The van der Waals surface area contributed by atoms with Crippen molar-refractivity contribution in [1.82, 2.24) is 5.32 Å². The van der Waals surface area contributed by atoms with Crippen molar-refractivity contribution >= 4 is 28.9 Å². The van der Waals surface area contributed by atoms with E-state index in [1.807, 2.05) is 0 Å². The van der Waals surface area contributed by atoms with E-state index in [4.69, 9.17) is 5.73 Å². The third kappa shape index (κ3) is 2.97. The van der Waals surface area contributed by atoms with Crippen LogP contribution in [0.25, 0.3) is 0 Å². The van der Waals surface area contributed by atoms with Gasteiger partial charge < -0.3 is 11.1 Å². The molecule has 100 valence electrons. The number of nitro groups is 1. The largest absolute Gasteiger partial charge is 0.398 e. The van der Waals surface area contributed by atoms with Gasteiger partial charge in [0.2, 0.25) is 11.8 Å². The van der Waals surface area contributed by atoms with Crippen molar-refractivity contribution in [2.45, 2.75) is 18.9 Å². The van der Waals surface area contributed by atoms with Crippen molar-refractivity contribution in [2.24, 2.45) is 0 Å². The number of nitrogens with one attached hydrogen (secondary N) is 2. The first-order valence-corrected chi connectivity index (χ1v) is 5.61. The number of anilines is 2. The molecule has 8 heteroatoms. The van der Waals surface area contributed by atoms with E-state index in [9.17, 15) is 19.7 Å². The maximum Gasteiger partial charge on any atom is 0.273 e. The van der Waals surface area contributed by atoms with Crippen LogP contribution in [-0.4, -0.2) is 22.8 Å². The Kier molecular flexibility index (Phi) is 3.32. The van der Waals surface area contributed by atoms with E-state index in [1.54, 1.807) is 0 Å². The molecule has 8 nitrogen and oxygen atoms in total. The lowest BCUT2D eigenvalue weighted by atomic mass is 10.1. The van der Waals surface area contributed by atoms with Gasteiger partial charge in [0.1, 0.15) is 6.04 Å². The maximum absolute atomic E-state index is 11.6. The third-order valence-corrected chi connectivity index (χ3v) is 2.73. The van der Waals surface area contributed by atoms with Crippen LogP contribution >= 0.6 is 0 Å². The lowest BCUT2D eigenvalue weighted by Gasteiger charge is -2.22. The Bertz CT molecular complexity index is 558. The molecule has 0 aliphatic carbocycles. The molecule has 0 saturated carbocycles. The molecule has 1 saturated heterocycles. The molecule has 1 aromatic carbocycles. The van der Waals surface area contributed by atoms with Gasteiger partial charge in [-0.05, 0) is 12.5 Å². The zero-order valence-electron chi connectivity index (χ0n) is 9.88. The number of nitrogens with zero attached hydrogens (tertiary/aromatic N) is 1. The molecule has 0 aromatic heterocycles. The number of carbonyl (C=O) groups excluding carboxylic acids is 2. The van der Waals surface area contributed by atoms with Crippen LogP contribution in [0.1, 0.15) is 12.8 Å². The monoisotopic (exact) mass is 264 g/mol. The van der Waals surface area contributed by atoms with Crippen molar-refractivity contribution in [3.05, 3.63) is 28.3 Å².